The summed E-state index contributed by atoms with van der Waals surface area (Å²) in [6.45, 7) is 2.19. The van der Waals surface area contributed by atoms with Crippen molar-refractivity contribution in [2.45, 2.75) is 13.5 Å². The van der Waals surface area contributed by atoms with Gasteiger partial charge in [-0.2, -0.15) is 0 Å². The Bertz CT molecular complexity index is 802. The van der Waals surface area contributed by atoms with E-state index in [1.807, 2.05) is 24.3 Å². The van der Waals surface area contributed by atoms with Gasteiger partial charge in [0.2, 0.25) is 0 Å². The van der Waals surface area contributed by atoms with Crippen LogP contribution in [0.25, 0.3) is 10.9 Å². The van der Waals surface area contributed by atoms with Crippen LogP contribution in [0, 0.1) is 12.7 Å². The van der Waals surface area contributed by atoms with Crippen molar-refractivity contribution in [3.05, 3.63) is 65.6 Å². The zero-order chi connectivity index (χ0) is 14.8. The monoisotopic (exact) mass is 282 g/mol. The van der Waals surface area contributed by atoms with E-state index in [4.69, 9.17) is 0 Å². The van der Waals surface area contributed by atoms with Gasteiger partial charge < -0.3 is 10.4 Å². The Kier molecular flexibility index (Phi) is 3.44. The first-order valence-electron chi connectivity index (χ1n) is 6.71. The number of para-hydroxylation sites is 1. The van der Waals surface area contributed by atoms with Crippen LogP contribution in [0.3, 0.4) is 0 Å². The predicted octanol–water partition coefficient (Wildman–Crippen LogP) is 4.00. The molecule has 0 spiro atoms. The van der Waals surface area contributed by atoms with Gasteiger partial charge in [0, 0.05) is 11.1 Å². The van der Waals surface area contributed by atoms with E-state index in [0.29, 0.717) is 23.3 Å². The summed E-state index contributed by atoms with van der Waals surface area (Å²) in [5.41, 5.74) is 2.68. The van der Waals surface area contributed by atoms with E-state index in [2.05, 4.69) is 10.3 Å². The number of fused-ring (bicyclic) bond motifs is 1. The molecule has 3 aromatic rings. The number of rotatable bonds is 3. The van der Waals surface area contributed by atoms with Gasteiger partial charge in [0.15, 0.2) is 0 Å². The molecule has 0 fully saturated rings. The van der Waals surface area contributed by atoms with E-state index >= 15 is 0 Å². The highest BCUT2D eigenvalue weighted by Gasteiger charge is 2.04. The molecule has 0 bridgehead atoms. The van der Waals surface area contributed by atoms with E-state index in [1.54, 1.807) is 25.1 Å². The number of nitrogens with one attached hydrogen (secondary N) is 1. The van der Waals surface area contributed by atoms with Gasteiger partial charge in [0.25, 0.3) is 0 Å². The summed E-state index contributed by atoms with van der Waals surface area (Å²) < 4.78 is 13.5. The first kappa shape index (κ1) is 13.4. The molecule has 3 rings (SSSR count). The number of pyridine rings is 1. The first-order chi connectivity index (χ1) is 10.1. The van der Waals surface area contributed by atoms with Gasteiger partial charge >= 0.3 is 0 Å². The molecule has 0 aliphatic carbocycles. The SMILES string of the molecule is Cc1ccc(NCc2ccc3cccc(O)c3n2)cc1F. The maximum Gasteiger partial charge on any atom is 0.141 e. The summed E-state index contributed by atoms with van der Waals surface area (Å²) in [5.74, 6) is -0.0696. The largest absolute Gasteiger partial charge is 0.506 e. The van der Waals surface area contributed by atoms with Crippen LogP contribution in [0.4, 0.5) is 10.1 Å². The number of aromatic hydroxyl groups is 1. The number of phenols is 1. The van der Waals surface area contributed by atoms with Crippen LogP contribution in [0.5, 0.6) is 5.75 Å². The number of aryl methyl sites for hydroxylation is 1. The Labute approximate surface area is 122 Å². The van der Waals surface area contributed by atoms with Crippen molar-refractivity contribution in [3.8, 4) is 5.75 Å². The van der Waals surface area contributed by atoms with E-state index in [-0.39, 0.29) is 11.6 Å². The molecule has 0 radical (unpaired) electrons. The van der Waals surface area contributed by atoms with Crippen molar-refractivity contribution in [2.75, 3.05) is 5.32 Å². The molecule has 21 heavy (non-hydrogen) atoms. The van der Waals surface area contributed by atoms with Crippen LogP contribution in [0.15, 0.2) is 48.5 Å². The molecule has 0 saturated heterocycles. The average molecular weight is 282 g/mol. The van der Waals surface area contributed by atoms with Gasteiger partial charge in [-0.05, 0) is 36.8 Å². The van der Waals surface area contributed by atoms with Crippen molar-refractivity contribution >= 4 is 16.6 Å². The van der Waals surface area contributed by atoms with Crippen molar-refractivity contribution in [1.29, 1.82) is 0 Å². The molecule has 0 aliphatic heterocycles. The zero-order valence-electron chi connectivity index (χ0n) is 11.6. The number of phenolic OH excluding ortho intramolecular Hbond substituents is 1. The topological polar surface area (TPSA) is 45.1 Å². The second-order valence-corrected chi connectivity index (χ2v) is 4.97. The van der Waals surface area contributed by atoms with Gasteiger partial charge in [0.1, 0.15) is 17.1 Å². The standard InChI is InChI=1S/C17H15FN2O/c1-11-5-7-13(9-15(11)18)19-10-14-8-6-12-3-2-4-16(21)17(12)20-14/h2-9,19,21H,10H2,1H3. The summed E-state index contributed by atoms with van der Waals surface area (Å²) in [4.78, 5) is 4.42. The molecular formula is C17H15FN2O. The molecule has 3 nitrogen and oxygen atoms in total. The average Bonchev–Trinajstić information content (AvgIpc) is 2.49. The third-order valence-corrected chi connectivity index (χ3v) is 3.40. The van der Waals surface area contributed by atoms with Crippen molar-refractivity contribution in [1.82, 2.24) is 4.98 Å². The minimum atomic E-state index is -0.232. The first-order valence-corrected chi connectivity index (χ1v) is 6.71. The molecule has 106 valence electrons. The van der Waals surface area contributed by atoms with Crippen molar-refractivity contribution in [3.63, 3.8) is 0 Å². The minimum absolute atomic E-state index is 0.163. The number of nitrogens with zero attached hydrogens (tertiary/aromatic N) is 1. The quantitative estimate of drug-likeness (QED) is 0.763. The van der Waals surface area contributed by atoms with Crippen LogP contribution in [-0.4, -0.2) is 10.1 Å². The molecule has 1 aromatic heterocycles. The highest BCUT2D eigenvalue weighted by molar-refractivity contribution is 5.84. The molecule has 0 unspecified atom stereocenters. The van der Waals surface area contributed by atoms with Gasteiger partial charge in [-0.1, -0.05) is 24.3 Å². The van der Waals surface area contributed by atoms with E-state index in [0.717, 1.165) is 11.1 Å². The number of anilines is 1. The maximum absolute atomic E-state index is 13.5. The van der Waals surface area contributed by atoms with Crippen LogP contribution in [-0.2, 0) is 6.54 Å². The van der Waals surface area contributed by atoms with E-state index in [1.165, 1.54) is 6.07 Å². The Hall–Kier alpha value is -2.62. The molecule has 1 heterocycles. The lowest BCUT2D eigenvalue weighted by molar-refractivity contribution is 0.480. The number of aromatic nitrogens is 1. The second-order valence-electron chi connectivity index (χ2n) is 4.97. The lowest BCUT2D eigenvalue weighted by Gasteiger charge is -2.08. The molecular weight excluding hydrogens is 267 g/mol. The third-order valence-electron chi connectivity index (χ3n) is 3.40. The fraction of sp³-hybridized carbons (Fsp3) is 0.118. The number of benzene rings is 2. The molecule has 4 heteroatoms. The lowest BCUT2D eigenvalue weighted by atomic mass is 10.2. The van der Waals surface area contributed by atoms with Crippen LogP contribution in [0.1, 0.15) is 11.3 Å². The molecule has 2 N–H and O–H groups in total. The molecule has 0 aliphatic rings. The van der Waals surface area contributed by atoms with E-state index < -0.39 is 0 Å². The van der Waals surface area contributed by atoms with Gasteiger partial charge in [0.05, 0.1) is 12.2 Å². The fourth-order valence-electron chi connectivity index (χ4n) is 2.17. The number of hydrogen-bond donors (Lipinski definition) is 2. The second kappa shape index (κ2) is 5.40. The Morgan fingerprint density at radius 1 is 1.14 bits per heavy atom. The highest BCUT2D eigenvalue weighted by Crippen LogP contribution is 2.22. The zero-order valence-corrected chi connectivity index (χ0v) is 11.6. The fourth-order valence-corrected chi connectivity index (χ4v) is 2.17. The van der Waals surface area contributed by atoms with Crippen molar-refractivity contribution in [2.24, 2.45) is 0 Å². The normalized spacial score (nSPS) is 10.8. The van der Waals surface area contributed by atoms with Gasteiger partial charge in [-0.3, -0.25) is 0 Å². The molecule has 0 atom stereocenters. The number of halogens is 1. The molecule has 0 amide bonds. The summed E-state index contributed by atoms with van der Waals surface area (Å²) >= 11 is 0. The maximum atomic E-state index is 13.5. The van der Waals surface area contributed by atoms with Crippen LogP contribution in [0.2, 0.25) is 0 Å². The Morgan fingerprint density at radius 3 is 2.81 bits per heavy atom. The number of hydrogen-bond acceptors (Lipinski definition) is 3. The Balaban J connectivity index is 1.81. The Morgan fingerprint density at radius 2 is 2.00 bits per heavy atom. The van der Waals surface area contributed by atoms with Gasteiger partial charge in [-0.15, -0.1) is 0 Å². The van der Waals surface area contributed by atoms with Crippen molar-refractivity contribution < 1.29 is 9.50 Å². The van der Waals surface area contributed by atoms with Gasteiger partial charge in [-0.25, -0.2) is 9.37 Å². The summed E-state index contributed by atoms with van der Waals surface area (Å²) in [6.07, 6.45) is 0. The molecule has 2 aromatic carbocycles. The minimum Gasteiger partial charge on any atom is -0.506 e. The van der Waals surface area contributed by atoms with Crippen LogP contribution < -0.4 is 5.32 Å². The summed E-state index contributed by atoms with van der Waals surface area (Å²) in [5, 5.41) is 13.8. The summed E-state index contributed by atoms with van der Waals surface area (Å²) in [7, 11) is 0. The highest BCUT2D eigenvalue weighted by atomic mass is 19.1. The predicted molar refractivity (Wildman–Crippen MR) is 81.9 cm³/mol. The van der Waals surface area contributed by atoms with E-state index in [9.17, 15) is 9.50 Å². The molecule has 0 saturated carbocycles. The lowest BCUT2D eigenvalue weighted by Crippen LogP contribution is -2.02. The third kappa shape index (κ3) is 2.79. The smallest absolute Gasteiger partial charge is 0.141 e. The van der Waals surface area contributed by atoms with Crippen LogP contribution >= 0.6 is 0 Å². The summed E-state index contributed by atoms with van der Waals surface area (Å²) in [6, 6.07) is 14.1.